The van der Waals surface area contributed by atoms with Crippen molar-refractivity contribution in [2.24, 2.45) is 11.8 Å². The molecule has 2 aliphatic carbocycles. The second kappa shape index (κ2) is 28.3. The van der Waals surface area contributed by atoms with Crippen LogP contribution < -0.4 is 31.9 Å². The average Bonchev–Trinajstić information content (AvgIpc) is 1.49. The molecular weight excluding hydrogens is 1100 g/mol. The summed E-state index contributed by atoms with van der Waals surface area (Å²) >= 11 is 0. The van der Waals surface area contributed by atoms with E-state index in [1.807, 2.05) is 0 Å². The molecule has 1 aromatic rings. The number of carbonyl (C=O) groups excluding carboxylic acids is 6. The van der Waals surface area contributed by atoms with Crippen LogP contribution in [-0.2, 0) is 49.3 Å². The number of rotatable bonds is 19. The van der Waals surface area contributed by atoms with Crippen LogP contribution in [-0.4, -0.2) is 195 Å². The summed E-state index contributed by atoms with van der Waals surface area (Å²) in [6.07, 6.45) is -11.4. The number of nitrogens with zero attached hydrogens (tertiary/aromatic N) is 2. The Morgan fingerprint density at radius 3 is 1.94 bits per heavy atom. The fraction of sp³-hybridized carbons (Fsp3) is 0.750. The minimum absolute atomic E-state index is 0.0467. The number of nitro groups is 1. The highest BCUT2D eigenvalue weighted by molar-refractivity contribution is 5.81. The SMILES string of the molecule is CN(C(=O)OC(C)(C)C)[C@@H]1[C@@H](O)[C@@H](O[C@@H]2[C@@H](O)[C@H](C3OC(CNC(=O)OCc4ccc([N+](=O)[O-])cc4)=CC[C@H]3NCC3CC(NC(=O)OC(C)(C)C)C3)[C@@H](NC(=O)OC(C)(C)C)C[C@H]2NC(=O)[C@@H](O)CCNC(=O)OC(C)(C)C)OC[C@]1(C)O. The molecule has 0 aromatic heterocycles. The van der Waals surface area contributed by atoms with Crippen molar-refractivity contribution in [1.29, 1.82) is 0 Å². The van der Waals surface area contributed by atoms with Crippen LogP contribution in [0.1, 0.15) is 128 Å². The fourth-order valence-electron chi connectivity index (χ4n) is 10.2. The van der Waals surface area contributed by atoms with E-state index >= 15 is 0 Å². The number of carbonyl (C=O) groups is 6. The maximum atomic E-state index is 14.1. The third-order valence-electron chi connectivity index (χ3n) is 13.9. The lowest BCUT2D eigenvalue weighted by Gasteiger charge is -2.52. The van der Waals surface area contributed by atoms with Crippen molar-refractivity contribution in [1.82, 2.24) is 36.8 Å². The second-order valence-electron chi connectivity index (χ2n) is 26.1. The quantitative estimate of drug-likeness (QED) is 0.0534. The number of benzene rings is 1. The van der Waals surface area contributed by atoms with Crippen LogP contribution in [0, 0.1) is 22.0 Å². The van der Waals surface area contributed by atoms with Crippen molar-refractivity contribution in [2.75, 3.05) is 33.3 Å². The number of likely N-dealkylation sites (N-methyl/N-ethyl adjacent to an activating group) is 1. The summed E-state index contributed by atoms with van der Waals surface area (Å²) in [7, 11) is 1.31. The first-order valence-electron chi connectivity index (χ1n) is 28.3. The van der Waals surface area contributed by atoms with Gasteiger partial charge in [0.15, 0.2) is 6.29 Å². The molecule has 0 radical (unpaired) electrons. The second-order valence-corrected chi connectivity index (χ2v) is 26.1. The molecule has 474 valence electrons. The number of aliphatic hydroxyl groups excluding tert-OH is 3. The molecule has 2 aliphatic heterocycles. The molecule has 1 saturated heterocycles. The summed E-state index contributed by atoms with van der Waals surface area (Å²) in [5.74, 6) is -1.97. The number of nitrogens with one attached hydrogen (secondary N) is 6. The zero-order valence-electron chi connectivity index (χ0n) is 50.7. The molecule has 6 amide bonds. The number of aliphatic hydroxyl groups is 4. The first-order chi connectivity index (χ1) is 38.8. The summed E-state index contributed by atoms with van der Waals surface area (Å²) in [4.78, 5) is 91.3. The van der Waals surface area contributed by atoms with E-state index in [2.05, 4.69) is 31.9 Å². The molecule has 84 heavy (non-hydrogen) atoms. The van der Waals surface area contributed by atoms with Crippen molar-refractivity contribution in [3.63, 3.8) is 0 Å². The summed E-state index contributed by atoms with van der Waals surface area (Å²) < 4.78 is 46.7. The maximum Gasteiger partial charge on any atom is 0.410 e. The molecule has 1 aromatic carbocycles. The van der Waals surface area contributed by atoms with Crippen molar-refractivity contribution < 1.29 is 92.0 Å². The van der Waals surface area contributed by atoms with Crippen LogP contribution in [0.2, 0.25) is 0 Å². The first-order valence-corrected chi connectivity index (χ1v) is 28.3. The zero-order chi connectivity index (χ0) is 62.9. The molecule has 28 heteroatoms. The van der Waals surface area contributed by atoms with Gasteiger partial charge in [0.05, 0.1) is 36.3 Å². The topological polar surface area (TPSA) is 376 Å². The van der Waals surface area contributed by atoms with Gasteiger partial charge in [-0.25, -0.2) is 24.0 Å². The van der Waals surface area contributed by atoms with E-state index in [4.69, 9.17) is 37.9 Å². The van der Waals surface area contributed by atoms with Gasteiger partial charge in [-0.05, 0) is 158 Å². The molecule has 2 saturated carbocycles. The van der Waals surface area contributed by atoms with Gasteiger partial charge < -0.3 is 95.1 Å². The normalized spacial score (nSPS) is 28.5. The van der Waals surface area contributed by atoms with E-state index in [0.29, 0.717) is 24.9 Å². The first kappa shape index (κ1) is 68.5. The van der Waals surface area contributed by atoms with E-state index in [1.165, 1.54) is 38.2 Å². The van der Waals surface area contributed by atoms with Crippen LogP contribution in [0.4, 0.5) is 29.7 Å². The number of non-ortho nitro benzene ring substituents is 1. The molecule has 0 spiro atoms. The Morgan fingerprint density at radius 2 is 1.36 bits per heavy atom. The standard InChI is InChI=1S/C56H90N8O20/c1-52(2,3)81-48(70)57-22-21-38(65)45(68)61-37-25-36(62-50(72)83-54(7,8)9)39(40(66)43(37)80-46-41(67)44(56(13,74)29-78-46)63(14)51(73)84-55(10,11)12)42-35(58-26-31-23-32(24-31)60-49(71)82-53(4,5)6)20-19-34(79-42)27-59-47(69)77-28-30-15-17-33(18-16-30)64(75)76/h15-19,31-32,35-44,46,58,65-67,74H,20-29H2,1-14H3,(H,57,70)(H,59,69)(H,60,71)(H,61,68)(H,62,72)/t31?,32?,35-,36+,37-,38+,39-,40+,41-,42?,43+,44-,46-,56+/m1/s1. The van der Waals surface area contributed by atoms with E-state index in [-0.39, 0.29) is 62.4 Å². The largest absolute Gasteiger partial charge is 0.491 e. The van der Waals surface area contributed by atoms with E-state index in [9.17, 15) is 59.3 Å². The fourth-order valence-corrected chi connectivity index (χ4v) is 10.2. The molecule has 2 heterocycles. The molecule has 3 fully saturated rings. The van der Waals surface area contributed by atoms with Crippen LogP contribution in [0.15, 0.2) is 36.1 Å². The minimum Gasteiger partial charge on any atom is -0.491 e. The Hall–Kier alpha value is -6.30. The van der Waals surface area contributed by atoms with Gasteiger partial charge in [-0.2, -0.15) is 0 Å². The van der Waals surface area contributed by atoms with Crippen molar-refractivity contribution in [3.8, 4) is 0 Å². The molecule has 0 bridgehead atoms. The molecule has 28 nitrogen and oxygen atoms in total. The van der Waals surface area contributed by atoms with E-state index in [0.717, 1.165) is 4.90 Å². The number of hydrogen-bond donors (Lipinski definition) is 10. The predicted molar refractivity (Wildman–Crippen MR) is 300 cm³/mol. The highest BCUT2D eigenvalue weighted by atomic mass is 16.7. The van der Waals surface area contributed by atoms with Gasteiger partial charge in [0.2, 0.25) is 5.91 Å². The third-order valence-corrected chi connectivity index (χ3v) is 13.9. The van der Waals surface area contributed by atoms with Gasteiger partial charge in [0.25, 0.3) is 5.69 Å². The lowest BCUT2D eigenvalue weighted by Crippen LogP contribution is -2.71. The van der Waals surface area contributed by atoms with E-state index in [1.54, 1.807) is 89.2 Å². The van der Waals surface area contributed by atoms with Crippen LogP contribution in [0.3, 0.4) is 0 Å². The Bertz CT molecular complexity index is 2470. The molecule has 1 unspecified atom stereocenters. The van der Waals surface area contributed by atoms with Crippen LogP contribution in [0.5, 0.6) is 0 Å². The summed E-state index contributed by atoms with van der Waals surface area (Å²) in [6, 6.07) is 0.637. The number of hydrogen-bond acceptors (Lipinski definition) is 21. The lowest BCUT2D eigenvalue weighted by molar-refractivity contribution is -0.384. The maximum absolute atomic E-state index is 14.1. The van der Waals surface area contributed by atoms with Crippen LogP contribution >= 0.6 is 0 Å². The monoisotopic (exact) mass is 1190 g/mol. The number of alkyl carbamates (subject to hydrolysis) is 4. The summed E-state index contributed by atoms with van der Waals surface area (Å²) in [5.41, 5.74) is -5.11. The Morgan fingerprint density at radius 1 is 0.774 bits per heavy atom. The molecular formula is C56H90N8O20. The van der Waals surface area contributed by atoms with E-state index < -0.39 is 143 Å². The highest BCUT2D eigenvalue weighted by Gasteiger charge is 2.56. The molecule has 4 aliphatic rings. The number of amides is 6. The Labute approximate surface area is 490 Å². The smallest absolute Gasteiger partial charge is 0.410 e. The minimum atomic E-state index is -1.90. The van der Waals surface area contributed by atoms with Gasteiger partial charge in [-0.15, -0.1) is 0 Å². The summed E-state index contributed by atoms with van der Waals surface area (Å²) in [6.45, 7) is 20.7. The van der Waals surface area contributed by atoms with Gasteiger partial charge in [0.1, 0.15) is 64.8 Å². The van der Waals surface area contributed by atoms with Gasteiger partial charge in [-0.1, -0.05) is 0 Å². The van der Waals surface area contributed by atoms with Crippen molar-refractivity contribution >= 4 is 42.1 Å². The van der Waals surface area contributed by atoms with Gasteiger partial charge >= 0.3 is 30.5 Å². The van der Waals surface area contributed by atoms with Crippen molar-refractivity contribution in [3.05, 3.63) is 51.8 Å². The van der Waals surface area contributed by atoms with Gasteiger partial charge in [0, 0.05) is 49.8 Å². The summed E-state index contributed by atoms with van der Waals surface area (Å²) in [5, 5.41) is 76.5. The van der Waals surface area contributed by atoms with Crippen molar-refractivity contribution in [2.45, 2.75) is 224 Å². The third kappa shape index (κ3) is 21.0. The molecule has 12 atom stereocenters. The number of nitro benzene ring substituents is 1. The Kier molecular flexibility index (Phi) is 23.0. The number of ether oxygens (including phenoxy) is 8. The van der Waals surface area contributed by atoms with Gasteiger partial charge in [-0.3, -0.25) is 14.9 Å². The molecule has 10 N–H and O–H groups in total. The van der Waals surface area contributed by atoms with Crippen LogP contribution in [0.25, 0.3) is 0 Å². The molecule has 5 rings (SSSR count). The predicted octanol–water partition coefficient (Wildman–Crippen LogP) is 3.88. The highest BCUT2D eigenvalue weighted by Crippen LogP contribution is 2.39. The zero-order valence-corrected chi connectivity index (χ0v) is 50.7. The lowest BCUT2D eigenvalue weighted by atomic mass is 9.71. The average molecular weight is 1200 g/mol. The Balaban J connectivity index is 1.51.